The smallest absolute Gasteiger partial charge is 0.339 e. The van der Waals surface area contributed by atoms with Crippen LogP contribution in [0.2, 0.25) is 0 Å². The van der Waals surface area contributed by atoms with E-state index < -0.39 is 5.97 Å². The van der Waals surface area contributed by atoms with E-state index in [1.165, 1.54) is 18.0 Å². The molecule has 5 nitrogen and oxygen atoms in total. The Morgan fingerprint density at radius 1 is 1.41 bits per heavy atom. The maximum absolute atomic E-state index is 11.1. The van der Waals surface area contributed by atoms with E-state index in [9.17, 15) is 4.79 Å². The molecule has 0 saturated heterocycles. The lowest BCUT2D eigenvalue weighted by molar-refractivity contribution is 0.0696. The topological polar surface area (TPSA) is 76.0 Å². The van der Waals surface area contributed by atoms with Crippen molar-refractivity contribution in [1.29, 1.82) is 0 Å². The first-order chi connectivity index (χ1) is 8.22. The molecule has 0 spiro atoms. The van der Waals surface area contributed by atoms with Crippen LogP contribution in [0.15, 0.2) is 35.9 Å². The Kier molecular flexibility index (Phi) is 3.34. The van der Waals surface area contributed by atoms with Crippen molar-refractivity contribution in [3.05, 3.63) is 36.3 Å². The van der Waals surface area contributed by atoms with Gasteiger partial charge >= 0.3 is 5.97 Å². The molecule has 0 saturated carbocycles. The van der Waals surface area contributed by atoms with Crippen LogP contribution in [-0.4, -0.2) is 32.3 Å². The van der Waals surface area contributed by atoms with E-state index in [0.29, 0.717) is 16.4 Å². The molecule has 0 bridgehead atoms. The van der Waals surface area contributed by atoms with Gasteiger partial charge in [-0.05, 0) is 18.4 Å². The molecule has 0 aliphatic heterocycles. The Hall–Kier alpha value is -1.95. The summed E-state index contributed by atoms with van der Waals surface area (Å²) in [6.07, 6.45) is 6.37. The van der Waals surface area contributed by atoms with Gasteiger partial charge in [0, 0.05) is 24.2 Å². The van der Waals surface area contributed by atoms with Gasteiger partial charge < -0.3 is 5.11 Å². The lowest BCUT2D eigenvalue weighted by atomic mass is 10.1. The zero-order chi connectivity index (χ0) is 12.3. The number of aromatic carboxylic acids is 1. The molecule has 0 aliphatic rings. The third kappa shape index (κ3) is 2.42. The molecule has 6 heteroatoms. The number of hydrogen-bond acceptors (Lipinski definition) is 5. The van der Waals surface area contributed by atoms with Gasteiger partial charge in [0.25, 0.3) is 0 Å². The molecule has 2 heterocycles. The standard InChI is InChI=1S/C11H9N3O2S/c1-17-11-13-6-8(10(15)16)9(14-11)7-3-2-4-12-5-7/h2-6H,1H3,(H,15,16). The number of nitrogens with zero attached hydrogens (tertiary/aromatic N) is 3. The summed E-state index contributed by atoms with van der Waals surface area (Å²) in [4.78, 5) is 23.2. The van der Waals surface area contributed by atoms with Gasteiger partial charge in [0.05, 0.1) is 5.69 Å². The number of thioether (sulfide) groups is 1. The van der Waals surface area contributed by atoms with Gasteiger partial charge in [-0.25, -0.2) is 14.8 Å². The quantitative estimate of drug-likeness (QED) is 0.660. The largest absolute Gasteiger partial charge is 0.478 e. The highest BCUT2D eigenvalue weighted by Gasteiger charge is 2.14. The summed E-state index contributed by atoms with van der Waals surface area (Å²) >= 11 is 1.36. The van der Waals surface area contributed by atoms with Crippen LogP contribution in [-0.2, 0) is 0 Å². The van der Waals surface area contributed by atoms with Crippen LogP contribution >= 0.6 is 11.8 Å². The molecule has 86 valence electrons. The number of pyridine rings is 1. The summed E-state index contributed by atoms with van der Waals surface area (Å²) in [7, 11) is 0. The van der Waals surface area contributed by atoms with Crippen LogP contribution in [0.5, 0.6) is 0 Å². The van der Waals surface area contributed by atoms with Gasteiger partial charge in [0.15, 0.2) is 5.16 Å². The summed E-state index contributed by atoms with van der Waals surface area (Å²) < 4.78 is 0. The average molecular weight is 247 g/mol. The van der Waals surface area contributed by atoms with Crippen molar-refractivity contribution in [2.45, 2.75) is 5.16 Å². The molecular weight excluding hydrogens is 238 g/mol. The first-order valence-electron chi connectivity index (χ1n) is 4.77. The number of hydrogen-bond donors (Lipinski definition) is 1. The molecule has 0 amide bonds. The number of carbonyl (C=O) groups is 1. The Balaban J connectivity index is 2.61. The van der Waals surface area contributed by atoms with Crippen molar-refractivity contribution in [2.75, 3.05) is 6.26 Å². The zero-order valence-corrected chi connectivity index (χ0v) is 9.81. The summed E-state index contributed by atoms with van der Waals surface area (Å²) in [5.74, 6) is -1.04. The second kappa shape index (κ2) is 4.92. The van der Waals surface area contributed by atoms with Crippen LogP contribution in [0.25, 0.3) is 11.3 Å². The molecule has 2 rings (SSSR count). The number of carboxylic acids is 1. The first-order valence-corrected chi connectivity index (χ1v) is 5.99. The fraction of sp³-hybridized carbons (Fsp3) is 0.0909. The van der Waals surface area contributed by atoms with E-state index in [0.717, 1.165) is 0 Å². The summed E-state index contributed by atoms with van der Waals surface area (Å²) in [5.41, 5.74) is 1.14. The van der Waals surface area contributed by atoms with Crippen molar-refractivity contribution in [1.82, 2.24) is 15.0 Å². The van der Waals surface area contributed by atoms with Crippen molar-refractivity contribution in [3.63, 3.8) is 0 Å². The Labute approximate surface area is 102 Å². The minimum Gasteiger partial charge on any atom is -0.478 e. The Bertz CT molecular complexity index is 546. The highest BCUT2D eigenvalue weighted by atomic mass is 32.2. The van der Waals surface area contributed by atoms with E-state index >= 15 is 0 Å². The molecule has 2 aromatic rings. The molecule has 0 radical (unpaired) electrons. The van der Waals surface area contributed by atoms with Crippen LogP contribution in [0.3, 0.4) is 0 Å². The van der Waals surface area contributed by atoms with Gasteiger partial charge in [-0.2, -0.15) is 0 Å². The summed E-state index contributed by atoms with van der Waals surface area (Å²) in [6.45, 7) is 0. The molecule has 0 aromatic carbocycles. The average Bonchev–Trinajstić information content (AvgIpc) is 2.39. The van der Waals surface area contributed by atoms with Crippen molar-refractivity contribution >= 4 is 17.7 Å². The molecular formula is C11H9N3O2S. The second-order valence-electron chi connectivity index (χ2n) is 3.17. The SMILES string of the molecule is CSc1ncc(C(=O)O)c(-c2cccnc2)n1. The van der Waals surface area contributed by atoms with Crippen molar-refractivity contribution in [2.24, 2.45) is 0 Å². The highest BCUT2D eigenvalue weighted by molar-refractivity contribution is 7.98. The maximum Gasteiger partial charge on any atom is 0.339 e. The lowest BCUT2D eigenvalue weighted by Gasteiger charge is -2.05. The minimum atomic E-state index is -1.04. The van der Waals surface area contributed by atoms with Gasteiger partial charge in [-0.1, -0.05) is 11.8 Å². The molecule has 0 unspecified atom stereocenters. The fourth-order valence-corrected chi connectivity index (χ4v) is 1.68. The second-order valence-corrected chi connectivity index (χ2v) is 3.94. The molecule has 0 atom stereocenters. The van der Waals surface area contributed by atoms with E-state index in [-0.39, 0.29) is 5.56 Å². The van der Waals surface area contributed by atoms with Crippen LogP contribution < -0.4 is 0 Å². The minimum absolute atomic E-state index is 0.0794. The maximum atomic E-state index is 11.1. The number of carboxylic acid groups (broad SMARTS) is 1. The van der Waals surface area contributed by atoms with Crippen molar-refractivity contribution in [3.8, 4) is 11.3 Å². The predicted molar refractivity (Wildman–Crippen MR) is 64.0 cm³/mol. The zero-order valence-electron chi connectivity index (χ0n) is 8.99. The third-order valence-corrected chi connectivity index (χ3v) is 2.68. The first kappa shape index (κ1) is 11.5. The van der Waals surface area contributed by atoms with E-state index in [1.807, 2.05) is 6.26 Å². The van der Waals surface area contributed by atoms with Crippen LogP contribution in [0.4, 0.5) is 0 Å². The molecule has 17 heavy (non-hydrogen) atoms. The third-order valence-electron chi connectivity index (χ3n) is 2.11. The molecule has 2 aromatic heterocycles. The molecule has 1 N–H and O–H groups in total. The van der Waals surface area contributed by atoms with E-state index in [4.69, 9.17) is 5.11 Å². The van der Waals surface area contributed by atoms with Crippen molar-refractivity contribution < 1.29 is 9.90 Å². The fourth-order valence-electron chi connectivity index (χ4n) is 1.34. The van der Waals surface area contributed by atoms with Gasteiger partial charge in [0.2, 0.25) is 0 Å². The van der Waals surface area contributed by atoms with Gasteiger partial charge in [-0.3, -0.25) is 4.98 Å². The monoisotopic (exact) mass is 247 g/mol. The molecule has 0 fully saturated rings. The molecule has 0 aliphatic carbocycles. The van der Waals surface area contributed by atoms with E-state index in [1.54, 1.807) is 24.5 Å². The van der Waals surface area contributed by atoms with E-state index in [2.05, 4.69) is 15.0 Å². The van der Waals surface area contributed by atoms with Gasteiger partial charge in [-0.15, -0.1) is 0 Å². The number of aromatic nitrogens is 3. The lowest BCUT2D eigenvalue weighted by Crippen LogP contribution is -2.04. The van der Waals surface area contributed by atoms with Gasteiger partial charge in [0.1, 0.15) is 5.56 Å². The predicted octanol–water partition coefficient (Wildman–Crippen LogP) is 1.96. The summed E-state index contributed by atoms with van der Waals surface area (Å²) in [5, 5.41) is 9.62. The number of rotatable bonds is 3. The summed E-state index contributed by atoms with van der Waals surface area (Å²) in [6, 6.07) is 3.51. The Morgan fingerprint density at radius 3 is 2.82 bits per heavy atom. The van der Waals surface area contributed by atoms with Crippen LogP contribution in [0.1, 0.15) is 10.4 Å². The highest BCUT2D eigenvalue weighted by Crippen LogP contribution is 2.22. The Morgan fingerprint density at radius 2 is 2.24 bits per heavy atom. The van der Waals surface area contributed by atoms with Crippen LogP contribution in [0, 0.1) is 0 Å². The normalized spacial score (nSPS) is 10.2.